The third kappa shape index (κ3) is 5.85. The smallest absolute Gasteiger partial charge is 0.233 e. The van der Waals surface area contributed by atoms with Crippen LogP contribution in [0, 0.1) is 6.92 Å². The van der Waals surface area contributed by atoms with Crippen LogP contribution in [0.5, 0.6) is 0 Å². The maximum Gasteiger partial charge on any atom is 0.233 e. The summed E-state index contributed by atoms with van der Waals surface area (Å²) >= 11 is 4.97. The Labute approximate surface area is 133 Å². The fourth-order valence-electron chi connectivity index (χ4n) is 1.85. The first-order valence-electron chi connectivity index (χ1n) is 6.62. The normalized spacial score (nSPS) is 11.5. The number of likely N-dealkylation sites (N-methyl/N-ethyl adjacent to an activating group) is 1. The number of amides is 1. The lowest BCUT2D eigenvalue weighted by Crippen LogP contribution is -2.42. The number of aryl methyl sites for hydroxylation is 1. The number of hydrogen-bond acceptors (Lipinski definition) is 3. The molecular formula is C15H22BrNO2S. The number of benzene rings is 1. The SMILES string of the molecule is CCN(CC(C)(C)O)C(=O)CSc1ccc(Br)cc1C. The molecule has 5 heteroatoms. The van der Waals surface area contributed by atoms with Crippen LogP contribution in [0.25, 0.3) is 0 Å². The van der Waals surface area contributed by atoms with E-state index in [1.54, 1.807) is 18.7 Å². The predicted octanol–water partition coefficient (Wildman–Crippen LogP) is 3.47. The van der Waals surface area contributed by atoms with Gasteiger partial charge in [0.25, 0.3) is 0 Å². The molecule has 0 aliphatic rings. The molecule has 0 spiro atoms. The molecule has 0 saturated carbocycles. The molecule has 0 aliphatic carbocycles. The second-order valence-corrected chi connectivity index (χ2v) is 7.35. The molecule has 112 valence electrons. The third-order valence-corrected chi connectivity index (χ3v) is 4.45. The Morgan fingerprint density at radius 3 is 2.60 bits per heavy atom. The fraction of sp³-hybridized carbons (Fsp3) is 0.533. The van der Waals surface area contributed by atoms with Crippen LogP contribution in [-0.4, -0.2) is 40.4 Å². The first-order valence-corrected chi connectivity index (χ1v) is 8.40. The summed E-state index contributed by atoms with van der Waals surface area (Å²) in [4.78, 5) is 15.0. The summed E-state index contributed by atoms with van der Waals surface area (Å²) in [6, 6.07) is 6.04. The first kappa shape index (κ1) is 17.5. The van der Waals surface area contributed by atoms with E-state index in [1.165, 1.54) is 11.8 Å². The summed E-state index contributed by atoms with van der Waals surface area (Å²) < 4.78 is 1.04. The van der Waals surface area contributed by atoms with Crippen LogP contribution < -0.4 is 0 Å². The molecule has 0 aromatic heterocycles. The van der Waals surface area contributed by atoms with Crippen molar-refractivity contribution >= 4 is 33.6 Å². The van der Waals surface area contributed by atoms with Gasteiger partial charge in [-0.15, -0.1) is 11.8 Å². The van der Waals surface area contributed by atoms with E-state index >= 15 is 0 Å². The van der Waals surface area contributed by atoms with Crippen molar-refractivity contribution in [2.45, 2.75) is 38.2 Å². The number of carbonyl (C=O) groups excluding carboxylic acids is 1. The number of aliphatic hydroxyl groups is 1. The van der Waals surface area contributed by atoms with Gasteiger partial charge in [-0.2, -0.15) is 0 Å². The number of rotatable bonds is 6. The second kappa shape index (κ2) is 7.48. The van der Waals surface area contributed by atoms with Crippen LogP contribution in [0.4, 0.5) is 0 Å². The van der Waals surface area contributed by atoms with Crippen LogP contribution in [0.1, 0.15) is 26.3 Å². The number of nitrogens with zero attached hydrogens (tertiary/aromatic N) is 1. The predicted molar refractivity (Wildman–Crippen MR) is 88.2 cm³/mol. The van der Waals surface area contributed by atoms with Gasteiger partial charge in [0.05, 0.1) is 11.4 Å². The van der Waals surface area contributed by atoms with E-state index in [4.69, 9.17) is 0 Å². The van der Waals surface area contributed by atoms with Crippen LogP contribution >= 0.6 is 27.7 Å². The van der Waals surface area contributed by atoms with Crippen molar-refractivity contribution in [2.75, 3.05) is 18.8 Å². The van der Waals surface area contributed by atoms with Gasteiger partial charge >= 0.3 is 0 Å². The first-order chi connectivity index (χ1) is 9.23. The second-order valence-electron chi connectivity index (χ2n) is 5.42. The van der Waals surface area contributed by atoms with Crippen molar-refractivity contribution in [3.63, 3.8) is 0 Å². The molecule has 0 aliphatic heterocycles. The molecular weight excluding hydrogens is 338 g/mol. The van der Waals surface area contributed by atoms with Crippen molar-refractivity contribution in [3.05, 3.63) is 28.2 Å². The van der Waals surface area contributed by atoms with Gasteiger partial charge in [0.2, 0.25) is 5.91 Å². The van der Waals surface area contributed by atoms with Crippen LogP contribution in [0.2, 0.25) is 0 Å². The highest BCUT2D eigenvalue weighted by Gasteiger charge is 2.21. The Kier molecular flexibility index (Phi) is 6.55. The summed E-state index contributed by atoms with van der Waals surface area (Å²) in [6.45, 7) is 8.38. The lowest BCUT2D eigenvalue weighted by atomic mass is 10.1. The molecule has 1 rings (SSSR count). The molecule has 0 saturated heterocycles. The molecule has 1 amide bonds. The summed E-state index contributed by atoms with van der Waals surface area (Å²) in [5.74, 6) is 0.453. The van der Waals surface area contributed by atoms with Gasteiger partial charge in [0.15, 0.2) is 0 Å². The van der Waals surface area contributed by atoms with Gasteiger partial charge in [-0.25, -0.2) is 0 Å². The molecule has 0 radical (unpaired) electrons. The van der Waals surface area contributed by atoms with E-state index in [2.05, 4.69) is 15.9 Å². The van der Waals surface area contributed by atoms with Gasteiger partial charge < -0.3 is 10.0 Å². The molecule has 1 aromatic carbocycles. The topological polar surface area (TPSA) is 40.5 Å². The average molecular weight is 360 g/mol. The zero-order valence-corrected chi connectivity index (χ0v) is 14.8. The largest absolute Gasteiger partial charge is 0.389 e. The molecule has 0 heterocycles. The standard InChI is InChI=1S/C15H22BrNO2S/c1-5-17(10-15(3,4)19)14(18)9-20-13-7-6-12(16)8-11(13)2/h6-8,19H,5,9-10H2,1-4H3. The maximum atomic E-state index is 12.2. The van der Waals surface area contributed by atoms with Gasteiger partial charge in [0, 0.05) is 22.5 Å². The number of hydrogen-bond donors (Lipinski definition) is 1. The maximum absolute atomic E-state index is 12.2. The number of thioether (sulfide) groups is 1. The van der Waals surface area contributed by atoms with Gasteiger partial charge in [-0.1, -0.05) is 15.9 Å². The molecule has 20 heavy (non-hydrogen) atoms. The summed E-state index contributed by atoms with van der Waals surface area (Å²) in [6.07, 6.45) is 0. The van der Waals surface area contributed by atoms with Gasteiger partial charge in [-0.3, -0.25) is 4.79 Å². The van der Waals surface area contributed by atoms with Crippen LogP contribution in [-0.2, 0) is 4.79 Å². The Morgan fingerprint density at radius 1 is 1.45 bits per heavy atom. The summed E-state index contributed by atoms with van der Waals surface area (Å²) in [5, 5.41) is 9.82. The minimum atomic E-state index is -0.857. The molecule has 0 fully saturated rings. The highest BCUT2D eigenvalue weighted by molar-refractivity contribution is 9.10. The van der Waals surface area contributed by atoms with Crippen molar-refractivity contribution in [1.29, 1.82) is 0 Å². The van der Waals surface area contributed by atoms with E-state index in [0.29, 0.717) is 18.8 Å². The molecule has 3 nitrogen and oxygen atoms in total. The van der Waals surface area contributed by atoms with E-state index < -0.39 is 5.60 Å². The average Bonchev–Trinajstić information content (AvgIpc) is 2.33. The van der Waals surface area contributed by atoms with Gasteiger partial charge in [-0.05, 0) is 51.5 Å². The van der Waals surface area contributed by atoms with E-state index in [0.717, 1.165) is 14.9 Å². The molecule has 0 unspecified atom stereocenters. The molecule has 0 atom stereocenters. The highest BCUT2D eigenvalue weighted by atomic mass is 79.9. The monoisotopic (exact) mass is 359 g/mol. The Hall–Kier alpha value is -0.520. The minimum absolute atomic E-state index is 0.0574. The van der Waals surface area contributed by atoms with Crippen molar-refractivity contribution < 1.29 is 9.90 Å². The molecule has 1 aromatic rings. The summed E-state index contributed by atoms with van der Waals surface area (Å²) in [5.41, 5.74) is 0.298. The van der Waals surface area contributed by atoms with Crippen molar-refractivity contribution in [1.82, 2.24) is 4.90 Å². The Balaban J connectivity index is 2.61. The van der Waals surface area contributed by atoms with Gasteiger partial charge in [0.1, 0.15) is 0 Å². The van der Waals surface area contributed by atoms with E-state index in [1.807, 2.05) is 32.0 Å². The molecule has 1 N–H and O–H groups in total. The third-order valence-electron chi connectivity index (χ3n) is 2.80. The zero-order chi connectivity index (χ0) is 15.3. The minimum Gasteiger partial charge on any atom is -0.389 e. The quantitative estimate of drug-likeness (QED) is 0.790. The zero-order valence-electron chi connectivity index (χ0n) is 12.4. The van der Waals surface area contributed by atoms with Crippen molar-refractivity contribution in [3.8, 4) is 0 Å². The number of halogens is 1. The van der Waals surface area contributed by atoms with E-state index in [9.17, 15) is 9.90 Å². The fourth-order valence-corrected chi connectivity index (χ4v) is 3.24. The lowest BCUT2D eigenvalue weighted by Gasteiger charge is -2.28. The number of carbonyl (C=O) groups is 1. The Bertz CT molecular complexity index is 471. The van der Waals surface area contributed by atoms with Crippen molar-refractivity contribution in [2.24, 2.45) is 0 Å². The molecule has 0 bridgehead atoms. The lowest BCUT2D eigenvalue weighted by molar-refractivity contribution is -0.131. The summed E-state index contributed by atoms with van der Waals surface area (Å²) in [7, 11) is 0. The van der Waals surface area contributed by atoms with Crippen LogP contribution in [0.15, 0.2) is 27.6 Å². The Morgan fingerprint density at radius 2 is 2.10 bits per heavy atom. The highest BCUT2D eigenvalue weighted by Crippen LogP contribution is 2.25. The van der Waals surface area contributed by atoms with Crippen LogP contribution in [0.3, 0.4) is 0 Å². The van der Waals surface area contributed by atoms with E-state index in [-0.39, 0.29) is 5.91 Å².